The SMILES string of the molecule is O=C1Nc2cc(Cl)ccc2/C1=C\c1cc(Cl)ccc1Oc1ncccn1. The van der Waals surface area contributed by atoms with Gasteiger partial charge in [0.15, 0.2) is 0 Å². The molecule has 1 N–H and O–H groups in total. The van der Waals surface area contributed by atoms with Gasteiger partial charge in [-0.3, -0.25) is 4.79 Å². The van der Waals surface area contributed by atoms with Crippen molar-refractivity contribution in [3.8, 4) is 11.8 Å². The van der Waals surface area contributed by atoms with Crippen LogP contribution in [0.1, 0.15) is 11.1 Å². The quantitative estimate of drug-likeness (QED) is 0.641. The molecule has 0 saturated carbocycles. The number of nitrogens with one attached hydrogen (secondary N) is 1. The Labute approximate surface area is 159 Å². The fraction of sp³-hybridized carbons (Fsp3) is 0. The van der Waals surface area contributed by atoms with E-state index in [0.29, 0.717) is 32.6 Å². The predicted molar refractivity (Wildman–Crippen MR) is 102 cm³/mol. The number of hydrogen-bond acceptors (Lipinski definition) is 4. The highest BCUT2D eigenvalue weighted by Gasteiger charge is 2.24. The number of hydrogen-bond donors (Lipinski definition) is 1. The second-order valence-corrected chi connectivity index (χ2v) is 6.39. The third-order valence-corrected chi connectivity index (χ3v) is 4.25. The summed E-state index contributed by atoms with van der Waals surface area (Å²) in [5.41, 5.74) is 2.57. The van der Waals surface area contributed by atoms with E-state index >= 15 is 0 Å². The van der Waals surface area contributed by atoms with Gasteiger partial charge in [-0.15, -0.1) is 0 Å². The first kappa shape index (κ1) is 16.6. The number of ether oxygens (including phenoxy) is 1. The number of benzene rings is 2. The number of fused-ring (bicyclic) bond motifs is 1. The molecule has 128 valence electrons. The zero-order valence-electron chi connectivity index (χ0n) is 13.2. The van der Waals surface area contributed by atoms with Crippen LogP contribution < -0.4 is 10.1 Å². The van der Waals surface area contributed by atoms with E-state index in [2.05, 4.69) is 15.3 Å². The van der Waals surface area contributed by atoms with Gasteiger partial charge in [-0.2, -0.15) is 0 Å². The van der Waals surface area contributed by atoms with E-state index in [0.717, 1.165) is 5.56 Å². The molecule has 2 aromatic carbocycles. The Morgan fingerprint density at radius 3 is 2.54 bits per heavy atom. The molecule has 0 radical (unpaired) electrons. The molecule has 5 nitrogen and oxygen atoms in total. The van der Waals surface area contributed by atoms with E-state index in [4.69, 9.17) is 27.9 Å². The molecule has 0 atom stereocenters. The fourth-order valence-electron chi connectivity index (χ4n) is 2.63. The van der Waals surface area contributed by atoms with Crippen LogP contribution in [-0.4, -0.2) is 15.9 Å². The van der Waals surface area contributed by atoms with Gasteiger partial charge < -0.3 is 10.1 Å². The van der Waals surface area contributed by atoms with Crippen molar-refractivity contribution in [2.45, 2.75) is 0 Å². The van der Waals surface area contributed by atoms with Crippen molar-refractivity contribution in [2.75, 3.05) is 5.32 Å². The van der Waals surface area contributed by atoms with Gasteiger partial charge in [0.05, 0.1) is 5.69 Å². The highest BCUT2D eigenvalue weighted by molar-refractivity contribution is 6.37. The molecule has 4 rings (SSSR count). The molecular weight excluding hydrogens is 373 g/mol. The second kappa shape index (κ2) is 6.78. The molecule has 1 aliphatic heterocycles. The predicted octanol–water partition coefficient (Wildman–Crippen LogP) is 5.07. The third kappa shape index (κ3) is 3.27. The molecule has 1 aromatic heterocycles. The van der Waals surface area contributed by atoms with Crippen molar-refractivity contribution in [1.29, 1.82) is 0 Å². The summed E-state index contributed by atoms with van der Waals surface area (Å²) in [6, 6.07) is 12.3. The standard InChI is InChI=1S/C19H11Cl2N3O2/c20-12-3-5-17(26-19-22-6-1-7-23-19)11(8-12)9-15-14-4-2-13(21)10-16(14)24-18(15)25/h1-10H,(H,24,25)/b15-9+. The minimum absolute atomic E-state index is 0.206. The van der Waals surface area contributed by atoms with Gasteiger partial charge in [0.25, 0.3) is 5.91 Å². The lowest BCUT2D eigenvalue weighted by molar-refractivity contribution is -0.110. The summed E-state index contributed by atoms with van der Waals surface area (Å²) >= 11 is 12.1. The van der Waals surface area contributed by atoms with Gasteiger partial charge >= 0.3 is 6.01 Å². The average Bonchev–Trinajstić information content (AvgIpc) is 2.93. The molecule has 1 amide bonds. The van der Waals surface area contributed by atoms with E-state index in [1.165, 1.54) is 0 Å². The van der Waals surface area contributed by atoms with Gasteiger partial charge in [0, 0.05) is 39.1 Å². The van der Waals surface area contributed by atoms with Crippen LogP contribution in [0, 0.1) is 0 Å². The summed E-state index contributed by atoms with van der Waals surface area (Å²) in [4.78, 5) is 20.5. The lowest BCUT2D eigenvalue weighted by Crippen LogP contribution is -2.03. The Morgan fingerprint density at radius 2 is 1.73 bits per heavy atom. The maximum absolute atomic E-state index is 12.4. The van der Waals surface area contributed by atoms with Crippen LogP contribution in [0.15, 0.2) is 54.9 Å². The number of amides is 1. The highest BCUT2D eigenvalue weighted by atomic mass is 35.5. The number of anilines is 1. The Morgan fingerprint density at radius 1 is 1.00 bits per heavy atom. The van der Waals surface area contributed by atoms with Gasteiger partial charge in [-0.25, -0.2) is 9.97 Å². The van der Waals surface area contributed by atoms with E-state index in [1.54, 1.807) is 60.9 Å². The Kier molecular flexibility index (Phi) is 4.32. The number of halogens is 2. The molecule has 0 saturated heterocycles. The topological polar surface area (TPSA) is 64.1 Å². The van der Waals surface area contributed by atoms with Crippen molar-refractivity contribution in [2.24, 2.45) is 0 Å². The summed E-state index contributed by atoms with van der Waals surface area (Å²) in [5.74, 6) is 0.271. The van der Waals surface area contributed by atoms with E-state index in [1.807, 2.05) is 0 Å². The first-order chi connectivity index (χ1) is 12.6. The molecular formula is C19H11Cl2N3O2. The normalized spacial score (nSPS) is 14.2. The molecule has 3 aromatic rings. The van der Waals surface area contributed by atoms with Gasteiger partial charge in [-0.1, -0.05) is 29.3 Å². The summed E-state index contributed by atoms with van der Waals surface area (Å²) in [6.07, 6.45) is 4.89. The first-order valence-electron chi connectivity index (χ1n) is 7.67. The zero-order chi connectivity index (χ0) is 18.1. The summed E-state index contributed by atoms with van der Waals surface area (Å²) in [6.45, 7) is 0. The Bertz CT molecular complexity index is 1040. The van der Waals surface area contributed by atoms with E-state index < -0.39 is 0 Å². The Hall–Kier alpha value is -2.89. The lowest BCUT2D eigenvalue weighted by atomic mass is 10.0. The summed E-state index contributed by atoms with van der Waals surface area (Å²) in [7, 11) is 0. The molecule has 1 aliphatic rings. The summed E-state index contributed by atoms with van der Waals surface area (Å²) in [5, 5.41) is 3.88. The van der Waals surface area contributed by atoms with E-state index in [9.17, 15) is 4.79 Å². The van der Waals surface area contributed by atoms with Crippen LogP contribution in [0.5, 0.6) is 11.8 Å². The average molecular weight is 384 g/mol. The molecule has 0 spiro atoms. The fourth-order valence-corrected chi connectivity index (χ4v) is 2.98. The Balaban J connectivity index is 1.78. The lowest BCUT2D eigenvalue weighted by Gasteiger charge is -2.08. The van der Waals surface area contributed by atoms with Gasteiger partial charge in [0.1, 0.15) is 5.75 Å². The summed E-state index contributed by atoms with van der Waals surface area (Å²) < 4.78 is 5.74. The smallest absolute Gasteiger partial charge is 0.321 e. The second-order valence-electron chi connectivity index (χ2n) is 5.52. The molecule has 2 heterocycles. The maximum atomic E-state index is 12.4. The van der Waals surface area contributed by atoms with Crippen LogP contribution in [-0.2, 0) is 4.79 Å². The minimum Gasteiger partial charge on any atom is -0.424 e. The van der Waals surface area contributed by atoms with Crippen molar-refractivity contribution in [1.82, 2.24) is 9.97 Å². The molecule has 0 unspecified atom stereocenters. The van der Waals surface area contributed by atoms with Crippen LogP contribution in [0.2, 0.25) is 10.0 Å². The van der Waals surface area contributed by atoms with Crippen LogP contribution >= 0.6 is 23.2 Å². The minimum atomic E-state index is -0.218. The first-order valence-corrected chi connectivity index (χ1v) is 8.43. The van der Waals surface area contributed by atoms with Crippen LogP contribution in [0.25, 0.3) is 11.6 Å². The number of carbonyl (C=O) groups excluding carboxylic acids is 1. The van der Waals surface area contributed by atoms with E-state index in [-0.39, 0.29) is 11.9 Å². The van der Waals surface area contributed by atoms with Gasteiger partial charge in [-0.05, 0) is 42.5 Å². The molecule has 0 aliphatic carbocycles. The van der Waals surface area contributed by atoms with Crippen molar-refractivity contribution >= 4 is 46.4 Å². The van der Waals surface area contributed by atoms with Gasteiger partial charge in [0.2, 0.25) is 0 Å². The molecule has 0 fully saturated rings. The van der Waals surface area contributed by atoms with Crippen molar-refractivity contribution in [3.63, 3.8) is 0 Å². The maximum Gasteiger partial charge on any atom is 0.321 e. The number of nitrogens with zero attached hydrogens (tertiary/aromatic N) is 2. The van der Waals surface area contributed by atoms with Crippen LogP contribution in [0.4, 0.5) is 5.69 Å². The molecule has 7 heteroatoms. The largest absolute Gasteiger partial charge is 0.424 e. The number of carbonyl (C=O) groups is 1. The third-order valence-electron chi connectivity index (χ3n) is 3.78. The van der Waals surface area contributed by atoms with Crippen molar-refractivity contribution in [3.05, 3.63) is 76.0 Å². The van der Waals surface area contributed by atoms with Crippen LogP contribution in [0.3, 0.4) is 0 Å². The van der Waals surface area contributed by atoms with Crippen molar-refractivity contribution < 1.29 is 9.53 Å². The zero-order valence-corrected chi connectivity index (χ0v) is 14.8. The number of aromatic nitrogens is 2. The molecule has 0 bridgehead atoms. The monoisotopic (exact) mass is 383 g/mol. The number of rotatable bonds is 3. The molecule has 26 heavy (non-hydrogen) atoms. The highest BCUT2D eigenvalue weighted by Crippen LogP contribution is 2.37.